The molecule has 0 aromatic heterocycles. The van der Waals surface area contributed by atoms with Gasteiger partial charge in [-0.1, -0.05) is 306 Å². The molecular weight excluding hydrogens is 913 g/mol. The number of carbonyl (C=O) groups is 3. The van der Waals surface area contributed by atoms with Gasteiger partial charge >= 0.3 is 17.9 Å². The molecule has 74 heavy (non-hydrogen) atoms. The van der Waals surface area contributed by atoms with Gasteiger partial charge in [-0.25, -0.2) is 0 Å². The van der Waals surface area contributed by atoms with E-state index in [2.05, 4.69) is 93.7 Å². The Morgan fingerprint density at radius 3 is 0.824 bits per heavy atom. The van der Waals surface area contributed by atoms with Gasteiger partial charge in [0.25, 0.3) is 0 Å². The van der Waals surface area contributed by atoms with Crippen molar-refractivity contribution < 1.29 is 28.6 Å². The van der Waals surface area contributed by atoms with Crippen LogP contribution in [0.15, 0.2) is 72.9 Å². The molecule has 0 amide bonds. The predicted molar refractivity (Wildman–Crippen MR) is 321 cm³/mol. The monoisotopic (exact) mass is 1030 g/mol. The molecule has 0 aliphatic rings. The van der Waals surface area contributed by atoms with Crippen LogP contribution in [-0.4, -0.2) is 37.2 Å². The lowest BCUT2D eigenvalue weighted by atomic mass is 10.0. The maximum atomic E-state index is 12.9. The van der Waals surface area contributed by atoms with Crippen LogP contribution >= 0.6 is 0 Å². The van der Waals surface area contributed by atoms with Crippen molar-refractivity contribution in [3.63, 3.8) is 0 Å². The van der Waals surface area contributed by atoms with E-state index in [-0.39, 0.29) is 31.1 Å². The fourth-order valence-corrected chi connectivity index (χ4v) is 9.21. The minimum atomic E-state index is -0.779. The summed E-state index contributed by atoms with van der Waals surface area (Å²) in [5, 5.41) is 0. The van der Waals surface area contributed by atoms with Crippen LogP contribution < -0.4 is 0 Å². The fourth-order valence-electron chi connectivity index (χ4n) is 9.21. The van der Waals surface area contributed by atoms with Gasteiger partial charge in [0, 0.05) is 19.3 Å². The van der Waals surface area contributed by atoms with Crippen molar-refractivity contribution in [2.45, 2.75) is 329 Å². The van der Waals surface area contributed by atoms with Crippen LogP contribution in [0.4, 0.5) is 0 Å². The summed E-state index contributed by atoms with van der Waals surface area (Å²) in [4.78, 5) is 38.2. The van der Waals surface area contributed by atoms with Gasteiger partial charge in [-0.2, -0.15) is 0 Å². The standard InChI is InChI=1S/C68H120O6/c1-4-7-10-13-16-19-22-24-26-28-30-32-33-34-35-37-38-40-42-44-46-49-52-55-58-61-67(70)73-64-65(63-72-66(69)60-57-54-51-48-21-18-15-12-9-6-3)74-68(71)62-59-56-53-50-47-45-43-41-39-36-31-29-27-25-23-20-17-14-11-8-5-2/h7,10,16,19,24,26,30,32,34-35,38,40,65H,4-6,8-9,11-15,17-18,20-23,25,27-29,31,33,36-37,39,41-64H2,1-3H3/b10-7-,19-16-,26-24-,32-30-,35-34-,40-38-. The number of allylic oxidation sites excluding steroid dienone is 12. The number of hydrogen-bond donors (Lipinski definition) is 0. The molecule has 0 aromatic rings. The highest BCUT2D eigenvalue weighted by Crippen LogP contribution is 2.17. The molecule has 0 fully saturated rings. The highest BCUT2D eigenvalue weighted by molar-refractivity contribution is 5.71. The van der Waals surface area contributed by atoms with Crippen LogP contribution in [0.25, 0.3) is 0 Å². The van der Waals surface area contributed by atoms with E-state index in [4.69, 9.17) is 14.2 Å². The maximum absolute atomic E-state index is 12.9. The van der Waals surface area contributed by atoms with E-state index in [1.807, 2.05) is 0 Å². The van der Waals surface area contributed by atoms with Gasteiger partial charge in [0.2, 0.25) is 0 Å². The third-order valence-corrected chi connectivity index (χ3v) is 14.0. The third-order valence-electron chi connectivity index (χ3n) is 14.0. The van der Waals surface area contributed by atoms with E-state index < -0.39 is 6.10 Å². The fraction of sp³-hybridized carbons (Fsp3) is 0.779. The van der Waals surface area contributed by atoms with Gasteiger partial charge in [0.05, 0.1) is 0 Å². The van der Waals surface area contributed by atoms with Crippen LogP contribution in [-0.2, 0) is 28.6 Å². The highest BCUT2D eigenvalue weighted by atomic mass is 16.6. The van der Waals surface area contributed by atoms with Crippen LogP contribution in [0.3, 0.4) is 0 Å². The molecule has 0 rings (SSSR count). The molecule has 0 saturated heterocycles. The van der Waals surface area contributed by atoms with Crippen LogP contribution in [0.1, 0.15) is 323 Å². The van der Waals surface area contributed by atoms with Crippen molar-refractivity contribution >= 4 is 17.9 Å². The van der Waals surface area contributed by atoms with E-state index in [1.165, 1.54) is 180 Å². The molecule has 0 radical (unpaired) electrons. The first kappa shape index (κ1) is 70.8. The molecule has 0 N–H and O–H groups in total. The number of esters is 3. The van der Waals surface area contributed by atoms with Gasteiger partial charge in [0.15, 0.2) is 6.10 Å². The van der Waals surface area contributed by atoms with E-state index in [0.717, 1.165) is 103 Å². The smallest absolute Gasteiger partial charge is 0.306 e. The minimum Gasteiger partial charge on any atom is -0.462 e. The summed E-state index contributed by atoms with van der Waals surface area (Å²) < 4.78 is 16.9. The Morgan fingerprint density at radius 1 is 0.284 bits per heavy atom. The summed E-state index contributed by atoms with van der Waals surface area (Å²) in [7, 11) is 0. The number of hydrogen-bond acceptors (Lipinski definition) is 6. The average Bonchev–Trinajstić information content (AvgIpc) is 3.40. The summed E-state index contributed by atoms with van der Waals surface area (Å²) in [6.45, 7) is 6.54. The van der Waals surface area contributed by atoms with E-state index in [9.17, 15) is 14.4 Å². The van der Waals surface area contributed by atoms with Crippen molar-refractivity contribution in [2.24, 2.45) is 0 Å². The van der Waals surface area contributed by atoms with Crippen molar-refractivity contribution in [1.29, 1.82) is 0 Å². The van der Waals surface area contributed by atoms with Crippen LogP contribution in [0.2, 0.25) is 0 Å². The molecule has 0 bridgehead atoms. The van der Waals surface area contributed by atoms with E-state index >= 15 is 0 Å². The SMILES string of the molecule is CC/C=C\C/C=C\C/C=C\C/C=C\C/C=C\C/C=C\CCCCCCCCC(=O)OCC(COC(=O)CCCCCCCCCCCC)OC(=O)CCCCCCCCCCCCCCCCCCCCCCC. The van der Waals surface area contributed by atoms with Crippen LogP contribution in [0.5, 0.6) is 0 Å². The molecule has 428 valence electrons. The molecule has 0 saturated carbocycles. The van der Waals surface area contributed by atoms with Crippen molar-refractivity contribution in [1.82, 2.24) is 0 Å². The average molecular weight is 1030 g/mol. The maximum Gasteiger partial charge on any atom is 0.306 e. The Labute approximate surface area is 459 Å². The molecule has 0 heterocycles. The molecule has 0 spiro atoms. The lowest BCUT2D eigenvalue weighted by Gasteiger charge is -2.18. The lowest BCUT2D eigenvalue weighted by molar-refractivity contribution is -0.167. The summed E-state index contributed by atoms with van der Waals surface area (Å²) in [5.41, 5.74) is 0. The topological polar surface area (TPSA) is 78.9 Å². The van der Waals surface area contributed by atoms with Crippen LogP contribution in [0, 0.1) is 0 Å². The predicted octanol–water partition coefficient (Wildman–Crippen LogP) is 21.7. The summed E-state index contributed by atoms with van der Waals surface area (Å²) in [5.74, 6) is -0.876. The Bertz CT molecular complexity index is 1370. The zero-order chi connectivity index (χ0) is 53.6. The Kier molecular flexibility index (Phi) is 59.7. The second kappa shape index (κ2) is 62.4. The Balaban J connectivity index is 4.27. The third kappa shape index (κ3) is 59.7. The van der Waals surface area contributed by atoms with Crippen molar-refractivity contribution in [3.8, 4) is 0 Å². The quantitative estimate of drug-likeness (QED) is 0.0261. The van der Waals surface area contributed by atoms with Crippen molar-refractivity contribution in [3.05, 3.63) is 72.9 Å². The first-order valence-corrected chi connectivity index (χ1v) is 31.9. The second-order valence-electron chi connectivity index (χ2n) is 21.3. The number of unbranched alkanes of at least 4 members (excludes halogenated alkanes) is 35. The van der Waals surface area contributed by atoms with E-state index in [0.29, 0.717) is 19.3 Å². The first-order chi connectivity index (χ1) is 36.5. The summed E-state index contributed by atoms with van der Waals surface area (Å²) >= 11 is 0. The summed E-state index contributed by atoms with van der Waals surface area (Å²) in [6.07, 6.45) is 80.5. The van der Waals surface area contributed by atoms with Gasteiger partial charge < -0.3 is 14.2 Å². The largest absolute Gasteiger partial charge is 0.462 e. The molecule has 0 aliphatic heterocycles. The summed E-state index contributed by atoms with van der Waals surface area (Å²) in [6, 6.07) is 0. The zero-order valence-electron chi connectivity index (χ0n) is 49.1. The van der Waals surface area contributed by atoms with Crippen molar-refractivity contribution in [2.75, 3.05) is 13.2 Å². The van der Waals surface area contributed by atoms with Gasteiger partial charge in [0.1, 0.15) is 13.2 Å². The minimum absolute atomic E-state index is 0.0759. The van der Waals surface area contributed by atoms with Gasteiger partial charge in [-0.15, -0.1) is 0 Å². The molecule has 6 nitrogen and oxygen atoms in total. The molecular formula is C68H120O6. The molecule has 1 unspecified atom stereocenters. The highest BCUT2D eigenvalue weighted by Gasteiger charge is 2.19. The van der Waals surface area contributed by atoms with Gasteiger partial charge in [-0.05, 0) is 70.6 Å². The molecule has 6 heteroatoms. The number of ether oxygens (including phenoxy) is 3. The first-order valence-electron chi connectivity index (χ1n) is 31.9. The number of carbonyl (C=O) groups excluding carboxylic acids is 3. The zero-order valence-corrected chi connectivity index (χ0v) is 49.1. The van der Waals surface area contributed by atoms with Gasteiger partial charge in [-0.3, -0.25) is 14.4 Å². The molecule has 1 atom stereocenters. The number of rotatable bonds is 58. The normalized spacial score (nSPS) is 12.5. The second-order valence-corrected chi connectivity index (χ2v) is 21.3. The Hall–Kier alpha value is -3.15. The molecule has 0 aromatic carbocycles. The van der Waals surface area contributed by atoms with E-state index in [1.54, 1.807) is 0 Å². The Morgan fingerprint density at radius 2 is 0.527 bits per heavy atom. The lowest BCUT2D eigenvalue weighted by Crippen LogP contribution is -2.30. The molecule has 0 aliphatic carbocycles.